The molecule has 3 atom stereocenters. The first-order valence-electron chi connectivity index (χ1n) is 4.56. The maximum Gasteiger partial charge on any atom is 0.223 e. The van der Waals surface area contributed by atoms with Gasteiger partial charge in [-0.25, -0.2) is 0 Å². The highest BCUT2D eigenvalue weighted by atomic mass is 79.9. The van der Waals surface area contributed by atoms with E-state index in [9.17, 15) is 4.79 Å². The number of rotatable bonds is 5. The van der Waals surface area contributed by atoms with Crippen LogP contribution in [0.4, 0.5) is 0 Å². The molecule has 1 fully saturated rings. The smallest absolute Gasteiger partial charge is 0.223 e. The van der Waals surface area contributed by atoms with Crippen molar-refractivity contribution < 1.29 is 9.53 Å². The first-order valence-corrected chi connectivity index (χ1v) is 5.47. The molecule has 0 aliphatic heterocycles. The molecule has 13 heavy (non-hydrogen) atoms. The molecule has 1 aliphatic carbocycles. The second kappa shape index (κ2) is 4.96. The van der Waals surface area contributed by atoms with Crippen molar-refractivity contribution in [1.29, 1.82) is 0 Å². The summed E-state index contributed by atoms with van der Waals surface area (Å²) in [6.07, 6.45) is 1.04. The molecule has 1 saturated carbocycles. The van der Waals surface area contributed by atoms with Gasteiger partial charge >= 0.3 is 0 Å². The van der Waals surface area contributed by atoms with Crippen molar-refractivity contribution in [2.45, 2.75) is 18.2 Å². The molecule has 0 spiro atoms. The SMILES string of the molecule is COCC(Br)CNC(=O)C1CC1C. The molecule has 0 aromatic carbocycles. The fourth-order valence-electron chi connectivity index (χ4n) is 1.27. The normalized spacial score (nSPS) is 28.2. The van der Waals surface area contributed by atoms with E-state index in [0.29, 0.717) is 19.1 Å². The first kappa shape index (κ1) is 11.0. The second-order valence-electron chi connectivity index (χ2n) is 3.62. The van der Waals surface area contributed by atoms with Gasteiger partial charge in [0.15, 0.2) is 0 Å². The molecule has 3 unspecified atom stereocenters. The quantitative estimate of drug-likeness (QED) is 0.744. The average Bonchev–Trinajstić information content (AvgIpc) is 2.79. The lowest BCUT2D eigenvalue weighted by molar-refractivity contribution is -0.122. The van der Waals surface area contributed by atoms with Crippen LogP contribution in [-0.4, -0.2) is 31.0 Å². The Hall–Kier alpha value is -0.0900. The summed E-state index contributed by atoms with van der Waals surface area (Å²) in [5.74, 6) is 1.03. The molecule has 0 saturated heterocycles. The Morgan fingerprint density at radius 2 is 2.38 bits per heavy atom. The standard InChI is InChI=1S/C9H16BrNO2/c1-6-3-8(6)9(12)11-4-7(10)5-13-2/h6-8H,3-5H2,1-2H3,(H,11,12). The maximum atomic E-state index is 11.4. The van der Waals surface area contributed by atoms with Crippen LogP contribution in [0.25, 0.3) is 0 Å². The van der Waals surface area contributed by atoms with Crippen LogP contribution in [-0.2, 0) is 9.53 Å². The highest BCUT2D eigenvalue weighted by Gasteiger charge is 2.38. The molecular formula is C9H16BrNO2. The number of nitrogens with one attached hydrogen (secondary N) is 1. The summed E-state index contributed by atoms with van der Waals surface area (Å²) in [5, 5.41) is 2.89. The lowest BCUT2D eigenvalue weighted by Gasteiger charge is -2.09. The van der Waals surface area contributed by atoms with Crippen LogP contribution in [0, 0.1) is 11.8 Å². The molecule has 76 valence electrons. The largest absolute Gasteiger partial charge is 0.383 e. The minimum atomic E-state index is 0.188. The molecule has 0 aromatic heterocycles. The third kappa shape index (κ3) is 3.65. The van der Waals surface area contributed by atoms with E-state index in [1.165, 1.54) is 0 Å². The van der Waals surface area contributed by atoms with Crippen molar-refractivity contribution >= 4 is 21.8 Å². The summed E-state index contributed by atoms with van der Waals surface area (Å²) in [4.78, 5) is 11.6. The monoisotopic (exact) mass is 249 g/mol. The molecule has 3 nitrogen and oxygen atoms in total. The van der Waals surface area contributed by atoms with Crippen LogP contribution in [0.5, 0.6) is 0 Å². The zero-order valence-electron chi connectivity index (χ0n) is 8.05. The summed E-state index contributed by atoms with van der Waals surface area (Å²) < 4.78 is 4.93. The number of halogens is 1. The highest BCUT2D eigenvalue weighted by Crippen LogP contribution is 2.37. The number of amides is 1. The Kier molecular flexibility index (Phi) is 4.19. The lowest BCUT2D eigenvalue weighted by atomic mass is 10.3. The predicted molar refractivity (Wildman–Crippen MR) is 54.9 cm³/mol. The van der Waals surface area contributed by atoms with Gasteiger partial charge in [0.25, 0.3) is 0 Å². The predicted octanol–water partition coefficient (Wildman–Crippen LogP) is 1.17. The fourth-order valence-corrected chi connectivity index (χ4v) is 1.70. The zero-order valence-corrected chi connectivity index (χ0v) is 9.63. The van der Waals surface area contributed by atoms with E-state index in [0.717, 1.165) is 6.42 Å². The summed E-state index contributed by atoms with van der Waals surface area (Å²) in [7, 11) is 1.65. The van der Waals surface area contributed by atoms with E-state index in [1.54, 1.807) is 7.11 Å². The number of hydrogen-bond donors (Lipinski definition) is 1. The van der Waals surface area contributed by atoms with Gasteiger partial charge in [-0.05, 0) is 12.3 Å². The molecular weight excluding hydrogens is 234 g/mol. The number of carbonyl (C=O) groups is 1. The van der Waals surface area contributed by atoms with Crippen LogP contribution < -0.4 is 5.32 Å². The minimum Gasteiger partial charge on any atom is -0.383 e. The Bertz CT molecular complexity index is 186. The number of hydrogen-bond acceptors (Lipinski definition) is 2. The van der Waals surface area contributed by atoms with Gasteiger partial charge in [-0.15, -0.1) is 0 Å². The highest BCUT2D eigenvalue weighted by molar-refractivity contribution is 9.09. The first-order chi connectivity index (χ1) is 6.15. The fraction of sp³-hybridized carbons (Fsp3) is 0.889. The summed E-state index contributed by atoms with van der Waals surface area (Å²) in [5.41, 5.74) is 0. The van der Waals surface area contributed by atoms with Crippen LogP contribution in [0.3, 0.4) is 0 Å². The maximum absolute atomic E-state index is 11.4. The summed E-state index contributed by atoms with van der Waals surface area (Å²) >= 11 is 3.41. The molecule has 0 aromatic rings. The van der Waals surface area contributed by atoms with Crippen LogP contribution >= 0.6 is 15.9 Å². The van der Waals surface area contributed by atoms with Gasteiger partial charge in [0, 0.05) is 19.6 Å². The molecule has 1 amide bonds. The summed E-state index contributed by atoms with van der Waals surface area (Å²) in [6.45, 7) is 3.38. The topological polar surface area (TPSA) is 38.3 Å². The van der Waals surface area contributed by atoms with Gasteiger partial charge in [-0.2, -0.15) is 0 Å². The van der Waals surface area contributed by atoms with E-state index in [2.05, 4.69) is 28.2 Å². The third-order valence-corrected chi connectivity index (χ3v) is 2.88. The average molecular weight is 250 g/mol. The van der Waals surface area contributed by atoms with Gasteiger partial charge in [-0.1, -0.05) is 22.9 Å². The van der Waals surface area contributed by atoms with E-state index < -0.39 is 0 Å². The number of methoxy groups -OCH3 is 1. The molecule has 1 rings (SSSR count). The third-order valence-electron chi connectivity index (χ3n) is 2.29. The summed E-state index contributed by atoms with van der Waals surface area (Å²) in [6, 6.07) is 0. The van der Waals surface area contributed by atoms with Crippen molar-refractivity contribution in [2.75, 3.05) is 20.3 Å². The molecule has 1 N–H and O–H groups in total. The van der Waals surface area contributed by atoms with E-state index in [-0.39, 0.29) is 16.7 Å². The van der Waals surface area contributed by atoms with Crippen LogP contribution in [0.1, 0.15) is 13.3 Å². The zero-order chi connectivity index (χ0) is 9.84. The van der Waals surface area contributed by atoms with Crippen LogP contribution in [0.2, 0.25) is 0 Å². The van der Waals surface area contributed by atoms with Crippen molar-refractivity contribution in [3.05, 3.63) is 0 Å². The van der Waals surface area contributed by atoms with Crippen molar-refractivity contribution in [1.82, 2.24) is 5.32 Å². The van der Waals surface area contributed by atoms with Crippen molar-refractivity contribution in [3.8, 4) is 0 Å². The molecule has 0 radical (unpaired) electrons. The van der Waals surface area contributed by atoms with E-state index in [1.807, 2.05) is 0 Å². The number of alkyl halides is 1. The molecule has 0 bridgehead atoms. The number of ether oxygens (including phenoxy) is 1. The molecule has 1 aliphatic rings. The Balaban J connectivity index is 2.08. The molecule has 4 heteroatoms. The van der Waals surface area contributed by atoms with E-state index >= 15 is 0 Å². The number of carbonyl (C=O) groups excluding carboxylic acids is 1. The van der Waals surface area contributed by atoms with Gasteiger partial charge in [0.05, 0.1) is 11.4 Å². The minimum absolute atomic E-state index is 0.188. The van der Waals surface area contributed by atoms with Crippen LogP contribution in [0.15, 0.2) is 0 Å². The second-order valence-corrected chi connectivity index (χ2v) is 4.91. The Morgan fingerprint density at radius 1 is 1.77 bits per heavy atom. The van der Waals surface area contributed by atoms with Crippen molar-refractivity contribution in [2.24, 2.45) is 11.8 Å². The van der Waals surface area contributed by atoms with Gasteiger partial charge in [0.1, 0.15) is 0 Å². The molecule has 0 heterocycles. The van der Waals surface area contributed by atoms with Gasteiger partial charge < -0.3 is 10.1 Å². The van der Waals surface area contributed by atoms with E-state index in [4.69, 9.17) is 4.74 Å². The Morgan fingerprint density at radius 3 is 2.85 bits per heavy atom. The van der Waals surface area contributed by atoms with Gasteiger partial charge in [-0.3, -0.25) is 4.79 Å². The lowest BCUT2D eigenvalue weighted by Crippen LogP contribution is -2.32. The van der Waals surface area contributed by atoms with Gasteiger partial charge in [0.2, 0.25) is 5.91 Å². The van der Waals surface area contributed by atoms with Crippen molar-refractivity contribution in [3.63, 3.8) is 0 Å². The Labute approximate surface area is 87.3 Å².